The van der Waals surface area contributed by atoms with Crippen LogP contribution in [0, 0.1) is 12.7 Å². The van der Waals surface area contributed by atoms with E-state index in [1.807, 2.05) is 0 Å². The van der Waals surface area contributed by atoms with E-state index in [9.17, 15) is 4.39 Å². The number of thiol groups is 1. The van der Waals surface area contributed by atoms with Crippen LogP contribution in [0.15, 0.2) is 17.0 Å². The van der Waals surface area contributed by atoms with Crippen molar-refractivity contribution in [3.8, 4) is 0 Å². The SMILES string of the molecule is Cc1cc(S)cc(Cl)c1F. The fourth-order valence-corrected chi connectivity index (χ4v) is 1.37. The number of halogens is 2. The number of hydrogen-bond acceptors (Lipinski definition) is 1. The van der Waals surface area contributed by atoms with Crippen LogP contribution in [0.1, 0.15) is 5.56 Å². The van der Waals surface area contributed by atoms with Crippen LogP contribution >= 0.6 is 24.2 Å². The van der Waals surface area contributed by atoms with Crippen molar-refractivity contribution in [2.24, 2.45) is 0 Å². The number of hydrogen-bond donors (Lipinski definition) is 1. The van der Waals surface area contributed by atoms with Crippen LogP contribution in [0.5, 0.6) is 0 Å². The van der Waals surface area contributed by atoms with E-state index in [1.165, 1.54) is 6.07 Å². The highest BCUT2D eigenvalue weighted by Gasteiger charge is 2.02. The lowest BCUT2D eigenvalue weighted by molar-refractivity contribution is 0.617. The first-order valence-corrected chi connectivity index (χ1v) is 3.58. The second-order valence-corrected chi connectivity index (χ2v) is 2.98. The zero-order valence-corrected chi connectivity index (χ0v) is 7.01. The van der Waals surface area contributed by atoms with E-state index in [2.05, 4.69) is 12.6 Å². The molecule has 0 aliphatic heterocycles. The lowest BCUT2D eigenvalue weighted by Gasteiger charge is -1.98. The molecule has 10 heavy (non-hydrogen) atoms. The average Bonchev–Trinajstić information content (AvgIpc) is 1.82. The monoisotopic (exact) mass is 176 g/mol. The first kappa shape index (κ1) is 7.89. The summed E-state index contributed by atoms with van der Waals surface area (Å²) in [6.45, 7) is 1.65. The summed E-state index contributed by atoms with van der Waals surface area (Å²) >= 11 is 9.52. The van der Waals surface area contributed by atoms with Gasteiger partial charge in [-0.3, -0.25) is 0 Å². The molecule has 0 bridgehead atoms. The molecule has 3 heteroatoms. The number of benzene rings is 1. The lowest BCUT2D eigenvalue weighted by atomic mass is 10.2. The maximum absolute atomic E-state index is 12.7. The molecule has 0 saturated heterocycles. The first-order chi connectivity index (χ1) is 4.61. The third-order valence-electron chi connectivity index (χ3n) is 1.19. The minimum atomic E-state index is -0.362. The Morgan fingerprint density at radius 2 is 2.10 bits per heavy atom. The van der Waals surface area contributed by atoms with Gasteiger partial charge in [-0.1, -0.05) is 11.6 Å². The van der Waals surface area contributed by atoms with E-state index in [4.69, 9.17) is 11.6 Å². The van der Waals surface area contributed by atoms with Crippen LogP contribution in [0.25, 0.3) is 0 Å². The van der Waals surface area contributed by atoms with Gasteiger partial charge < -0.3 is 0 Å². The first-order valence-electron chi connectivity index (χ1n) is 2.76. The highest BCUT2D eigenvalue weighted by molar-refractivity contribution is 7.80. The summed E-state index contributed by atoms with van der Waals surface area (Å²) in [7, 11) is 0. The van der Waals surface area contributed by atoms with Crippen LogP contribution in [-0.2, 0) is 0 Å². The Morgan fingerprint density at radius 1 is 1.50 bits per heavy atom. The van der Waals surface area contributed by atoms with Gasteiger partial charge in [-0.15, -0.1) is 12.6 Å². The van der Waals surface area contributed by atoms with Crippen molar-refractivity contribution in [1.82, 2.24) is 0 Å². The van der Waals surface area contributed by atoms with Gasteiger partial charge in [0.05, 0.1) is 5.02 Å². The fraction of sp³-hybridized carbons (Fsp3) is 0.143. The van der Waals surface area contributed by atoms with Crippen LogP contribution in [-0.4, -0.2) is 0 Å². The van der Waals surface area contributed by atoms with Gasteiger partial charge in [-0.25, -0.2) is 4.39 Å². The van der Waals surface area contributed by atoms with E-state index < -0.39 is 0 Å². The summed E-state index contributed by atoms with van der Waals surface area (Å²) in [5.41, 5.74) is 0.525. The van der Waals surface area contributed by atoms with Crippen molar-refractivity contribution < 1.29 is 4.39 Å². The zero-order valence-electron chi connectivity index (χ0n) is 5.36. The van der Waals surface area contributed by atoms with Crippen LogP contribution < -0.4 is 0 Å². The van der Waals surface area contributed by atoms with E-state index in [-0.39, 0.29) is 10.8 Å². The molecule has 0 fully saturated rings. The van der Waals surface area contributed by atoms with Crippen LogP contribution in [0.3, 0.4) is 0 Å². The normalized spacial score (nSPS) is 10.0. The Balaban J connectivity index is 3.31. The molecule has 1 aromatic carbocycles. The third-order valence-corrected chi connectivity index (χ3v) is 1.73. The van der Waals surface area contributed by atoms with Crippen molar-refractivity contribution >= 4 is 24.2 Å². The Bertz CT molecular complexity index is 237. The highest BCUT2D eigenvalue weighted by Crippen LogP contribution is 2.21. The molecule has 0 saturated carbocycles. The molecule has 0 unspecified atom stereocenters. The summed E-state index contributed by atoms with van der Waals surface area (Å²) in [5, 5.41) is 0.130. The largest absolute Gasteiger partial charge is 0.205 e. The molecule has 0 atom stereocenters. The molecule has 0 aliphatic carbocycles. The van der Waals surface area contributed by atoms with Gasteiger partial charge in [0.25, 0.3) is 0 Å². The van der Waals surface area contributed by atoms with Crippen molar-refractivity contribution in [2.45, 2.75) is 11.8 Å². The van der Waals surface area contributed by atoms with Gasteiger partial charge in [0, 0.05) is 4.90 Å². The van der Waals surface area contributed by atoms with E-state index in [0.717, 1.165) is 0 Å². The fourth-order valence-electron chi connectivity index (χ4n) is 0.708. The van der Waals surface area contributed by atoms with Gasteiger partial charge in [0.1, 0.15) is 5.82 Å². The van der Waals surface area contributed by atoms with E-state index in [0.29, 0.717) is 10.5 Å². The standard InChI is InChI=1S/C7H6ClFS/c1-4-2-5(10)3-6(8)7(4)9/h2-3,10H,1H3. The Kier molecular flexibility index (Phi) is 2.21. The second-order valence-electron chi connectivity index (χ2n) is 2.06. The molecule has 54 valence electrons. The summed E-state index contributed by atoms with van der Waals surface area (Å²) < 4.78 is 12.7. The van der Waals surface area contributed by atoms with Crippen molar-refractivity contribution in [3.63, 3.8) is 0 Å². The molecular weight excluding hydrogens is 171 g/mol. The smallest absolute Gasteiger partial charge is 0.144 e. The Morgan fingerprint density at radius 3 is 2.60 bits per heavy atom. The number of rotatable bonds is 0. The van der Waals surface area contributed by atoms with E-state index in [1.54, 1.807) is 13.0 Å². The van der Waals surface area contributed by atoms with E-state index >= 15 is 0 Å². The molecule has 0 aromatic heterocycles. The summed E-state index contributed by atoms with van der Waals surface area (Å²) in [5.74, 6) is -0.362. The molecule has 0 aliphatic rings. The highest BCUT2D eigenvalue weighted by atomic mass is 35.5. The predicted octanol–water partition coefficient (Wildman–Crippen LogP) is 3.08. The van der Waals surface area contributed by atoms with Gasteiger partial charge in [-0.2, -0.15) is 0 Å². The zero-order chi connectivity index (χ0) is 7.72. The molecule has 0 N–H and O–H groups in total. The second kappa shape index (κ2) is 2.81. The topological polar surface area (TPSA) is 0 Å². The molecule has 0 radical (unpaired) electrons. The Labute approximate surface area is 69.4 Å². The summed E-state index contributed by atoms with van der Waals surface area (Å²) in [6.07, 6.45) is 0. The maximum Gasteiger partial charge on any atom is 0.144 e. The van der Waals surface area contributed by atoms with Gasteiger partial charge >= 0.3 is 0 Å². The molecule has 0 nitrogen and oxygen atoms in total. The molecule has 1 rings (SSSR count). The molecule has 1 aromatic rings. The van der Waals surface area contributed by atoms with Crippen LogP contribution in [0.4, 0.5) is 4.39 Å². The molecular formula is C7H6ClFS. The predicted molar refractivity (Wildman–Crippen MR) is 43.4 cm³/mol. The molecule has 0 amide bonds. The van der Waals surface area contributed by atoms with Crippen molar-refractivity contribution in [3.05, 3.63) is 28.5 Å². The van der Waals surface area contributed by atoms with Crippen molar-refractivity contribution in [2.75, 3.05) is 0 Å². The minimum absolute atomic E-state index is 0.130. The lowest BCUT2D eigenvalue weighted by Crippen LogP contribution is -1.82. The summed E-state index contributed by atoms with van der Waals surface area (Å²) in [6, 6.07) is 3.11. The summed E-state index contributed by atoms with van der Waals surface area (Å²) in [4.78, 5) is 0.684. The van der Waals surface area contributed by atoms with Crippen LogP contribution in [0.2, 0.25) is 5.02 Å². The van der Waals surface area contributed by atoms with Crippen molar-refractivity contribution in [1.29, 1.82) is 0 Å². The van der Waals surface area contributed by atoms with Gasteiger partial charge in [-0.05, 0) is 24.6 Å². The Hall–Kier alpha value is -0.210. The van der Waals surface area contributed by atoms with Gasteiger partial charge in [0.2, 0.25) is 0 Å². The number of aryl methyl sites for hydroxylation is 1. The quantitative estimate of drug-likeness (QED) is 0.577. The minimum Gasteiger partial charge on any atom is -0.205 e. The molecule has 0 spiro atoms. The average molecular weight is 177 g/mol. The molecule has 0 heterocycles. The van der Waals surface area contributed by atoms with Gasteiger partial charge in [0.15, 0.2) is 0 Å². The third kappa shape index (κ3) is 1.44. The maximum atomic E-state index is 12.7.